The summed E-state index contributed by atoms with van der Waals surface area (Å²) in [6, 6.07) is 20.0. The lowest BCUT2D eigenvalue weighted by atomic mass is 10.1. The van der Waals surface area contributed by atoms with Crippen molar-refractivity contribution in [3.05, 3.63) is 89.5 Å². The van der Waals surface area contributed by atoms with Crippen LogP contribution in [0.5, 0.6) is 0 Å². The van der Waals surface area contributed by atoms with Crippen LogP contribution in [0.4, 0.5) is 17.1 Å². The molecule has 148 valence electrons. The van der Waals surface area contributed by atoms with Gasteiger partial charge in [-0.2, -0.15) is 0 Å². The van der Waals surface area contributed by atoms with E-state index in [1.807, 2.05) is 18.2 Å². The number of rotatable bonds is 4. The summed E-state index contributed by atoms with van der Waals surface area (Å²) in [6.45, 7) is 0. The maximum atomic E-state index is 11.9. The first-order valence-corrected chi connectivity index (χ1v) is 8.49. The van der Waals surface area contributed by atoms with Crippen LogP contribution in [0.2, 0.25) is 0 Å². The van der Waals surface area contributed by atoms with Gasteiger partial charge in [0.15, 0.2) is 0 Å². The molecule has 9 N–H and O–H groups in total. The zero-order valence-electron chi connectivity index (χ0n) is 15.5. The molecule has 0 aliphatic carbocycles. The molecule has 0 radical (unpaired) electrons. The van der Waals surface area contributed by atoms with E-state index in [1.54, 1.807) is 30.3 Å². The normalized spacial score (nSPS) is 9.66. The van der Waals surface area contributed by atoms with Crippen molar-refractivity contribution in [3.63, 3.8) is 0 Å². The lowest BCUT2D eigenvalue weighted by molar-refractivity contribution is 0.0988. The smallest absolute Gasteiger partial charge is 0.257 e. The first-order chi connectivity index (χ1) is 13.8. The molecule has 3 aromatic rings. The molecule has 29 heavy (non-hydrogen) atoms. The molecule has 0 spiro atoms. The van der Waals surface area contributed by atoms with Gasteiger partial charge in [-0.25, -0.2) is 0 Å². The number of hydrogen-bond acceptors (Lipinski definition) is 5. The highest BCUT2D eigenvalue weighted by molar-refractivity contribution is 6.09. The Kier molecular flexibility index (Phi) is 6.92. The number of anilines is 3. The van der Waals surface area contributed by atoms with Gasteiger partial charge in [-0.05, 0) is 48.5 Å². The van der Waals surface area contributed by atoms with Crippen molar-refractivity contribution in [2.24, 2.45) is 11.5 Å². The standard InChI is InChI=1S/C13H13N3O.C8H8N2O2/c14-11-8-4-7-10(12(11)15)13(17)16-9-5-2-1-3-6-9;9-7(11)5-1-2-6(4-3-5)8(10)12/h1-8H,14-15H2,(H,16,17);1-4H,(H2,9,11)(H2,10,12). The van der Waals surface area contributed by atoms with Gasteiger partial charge in [0.05, 0.1) is 16.9 Å². The maximum Gasteiger partial charge on any atom is 0.257 e. The van der Waals surface area contributed by atoms with Gasteiger partial charge in [-0.1, -0.05) is 24.3 Å². The van der Waals surface area contributed by atoms with Gasteiger partial charge >= 0.3 is 0 Å². The van der Waals surface area contributed by atoms with E-state index in [2.05, 4.69) is 5.32 Å². The molecule has 0 saturated carbocycles. The molecular weight excluding hydrogens is 370 g/mol. The van der Waals surface area contributed by atoms with E-state index in [1.165, 1.54) is 24.3 Å². The number of primary amides is 2. The molecule has 0 aromatic heterocycles. The van der Waals surface area contributed by atoms with Gasteiger partial charge in [0.25, 0.3) is 5.91 Å². The molecule has 0 saturated heterocycles. The third-order valence-electron chi connectivity index (χ3n) is 3.87. The molecule has 8 nitrogen and oxygen atoms in total. The highest BCUT2D eigenvalue weighted by Crippen LogP contribution is 2.20. The summed E-state index contributed by atoms with van der Waals surface area (Å²) in [5.74, 6) is -1.31. The Morgan fingerprint density at radius 2 is 1.17 bits per heavy atom. The molecule has 8 heteroatoms. The Hall–Kier alpha value is -4.33. The summed E-state index contributed by atoms with van der Waals surface area (Å²) >= 11 is 0. The van der Waals surface area contributed by atoms with Crippen LogP contribution in [0.25, 0.3) is 0 Å². The highest BCUT2D eigenvalue weighted by Gasteiger charge is 2.11. The van der Waals surface area contributed by atoms with Crippen LogP contribution in [-0.4, -0.2) is 17.7 Å². The zero-order valence-corrected chi connectivity index (χ0v) is 15.5. The monoisotopic (exact) mass is 391 g/mol. The number of nitrogen functional groups attached to an aromatic ring is 2. The third kappa shape index (κ3) is 5.83. The molecule has 0 fully saturated rings. The average molecular weight is 391 g/mol. The van der Waals surface area contributed by atoms with E-state index in [4.69, 9.17) is 22.9 Å². The van der Waals surface area contributed by atoms with E-state index in [0.717, 1.165) is 5.69 Å². The number of hydrogen-bond donors (Lipinski definition) is 5. The number of para-hydroxylation sites is 2. The average Bonchev–Trinajstić information content (AvgIpc) is 2.71. The number of nitrogens with one attached hydrogen (secondary N) is 1. The molecule has 0 unspecified atom stereocenters. The Balaban J connectivity index is 0.000000221. The number of amides is 3. The molecule has 0 aliphatic rings. The molecule has 0 atom stereocenters. The van der Waals surface area contributed by atoms with Crippen LogP contribution < -0.4 is 28.3 Å². The van der Waals surface area contributed by atoms with E-state index >= 15 is 0 Å². The summed E-state index contributed by atoms with van der Waals surface area (Å²) in [4.78, 5) is 33.1. The number of carbonyl (C=O) groups is 3. The van der Waals surface area contributed by atoms with E-state index in [9.17, 15) is 14.4 Å². The van der Waals surface area contributed by atoms with Gasteiger partial charge < -0.3 is 28.3 Å². The molecule has 0 heterocycles. The minimum atomic E-state index is -0.522. The van der Waals surface area contributed by atoms with Crippen LogP contribution in [0.15, 0.2) is 72.8 Å². The van der Waals surface area contributed by atoms with Gasteiger partial charge in [0.1, 0.15) is 0 Å². The van der Waals surface area contributed by atoms with Crippen LogP contribution in [-0.2, 0) is 0 Å². The van der Waals surface area contributed by atoms with Crippen molar-refractivity contribution in [1.29, 1.82) is 0 Å². The quantitative estimate of drug-likeness (QED) is 0.428. The second-order valence-electron chi connectivity index (χ2n) is 5.93. The van der Waals surface area contributed by atoms with Gasteiger partial charge in [0, 0.05) is 16.8 Å². The number of nitrogens with two attached hydrogens (primary N) is 4. The predicted molar refractivity (Wildman–Crippen MR) is 113 cm³/mol. The third-order valence-corrected chi connectivity index (χ3v) is 3.87. The fourth-order valence-corrected chi connectivity index (χ4v) is 2.30. The van der Waals surface area contributed by atoms with Crippen LogP contribution in [0, 0.1) is 0 Å². The Morgan fingerprint density at radius 1 is 0.655 bits per heavy atom. The summed E-state index contributed by atoms with van der Waals surface area (Å²) in [5, 5.41) is 2.75. The molecular formula is C21H21N5O3. The van der Waals surface area contributed by atoms with Crippen LogP contribution >= 0.6 is 0 Å². The molecule has 3 aromatic carbocycles. The highest BCUT2D eigenvalue weighted by atomic mass is 16.2. The molecule has 0 bridgehead atoms. The van der Waals surface area contributed by atoms with Crippen molar-refractivity contribution >= 4 is 34.8 Å². The van der Waals surface area contributed by atoms with Crippen LogP contribution in [0.3, 0.4) is 0 Å². The topological polar surface area (TPSA) is 167 Å². The molecule has 3 rings (SSSR count). The van der Waals surface area contributed by atoms with Crippen molar-refractivity contribution in [3.8, 4) is 0 Å². The van der Waals surface area contributed by atoms with Gasteiger partial charge in [-0.3, -0.25) is 14.4 Å². The first kappa shape index (κ1) is 21.0. The minimum Gasteiger partial charge on any atom is -0.397 e. The van der Waals surface area contributed by atoms with Crippen molar-refractivity contribution in [2.75, 3.05) is 16.8 Å². The minimum absolute atomic E-state index is 0.263. The molecule has 3 amide bonds. The first-order valence-electron chi connectivity index (χ1n) is 8.49. The number of carbonyl (C=O) groups excluding carboxylic acids is 3. The van der Waals surface area contributed by atoms with Crippen molar-refractivity contribution < 1.29 is 14.4 Å². The summed E-state index contributed by atoms with van der Waals surface area (Å²) < 4.78 is 0. The summed E-state index contributed by atoms with van der Waals surface area (Å²) in [6.07, 6.45) is 0. The Morgan fingerprint density at radius 3 is 1.66 bits per heavy atom. The second-order valence-corrected chi connectivity index (χ2v) is 5.93. The summed E-state index contributed by atoms with van der Waals surface area (Å²) in [7, 11) is 0. The molecule has 0 aliphatic heterocycles. The van der Waals surface area contributed by atoms with E-state index in [0.29, 0.717) is 28.1 Å². The number of benzene rings is 3. The predicted octanol–water partition coefficient (Wildman–Crippen LogP) is 1.99. The summed E-state index contributed by atoms with van der Waals surface area (Å²) in [5.41, 5.74) is 23.9. The lowest BCUT2D eigenvalue weighted by Gasteiger charge is -2.08. The van der Waals surface area contributed by atoms with Gasteiger partial charge in [-0.15, -0.1) is 0 Å². The Labute approximate surface area is 167 Å². The lowest BCUT2D eigenvalue weighted by Crippen LogP contribution is -2.14. The fraction of sp³-hybridized carbons (Fsp3) is 0. The largest absolute Gasteiger partial charge is 0.397 e. The fourth-order valence-electron chi connectivity index (χ4n) is 2.30. The van der Waals surface area contributed by atoms with E-state index < -0.39 is 11.8 Å². The second kappa shape index (κ2) is 9.56. The SMILES string of the molecule is NC(=O)c1ccc(C(N)=O)cc1.Nc1cccc(C(=O)Nc2ccccc2)c1N. The maximum absolute atomic E-state index is 11.9. The Bertz CT molecular complexity index is 985. The zero-order chi connectivity index (χ0) is 21.4. The van der Waals surface area contributed by atoms with E-state index in [-0.39, 0.29) is 5.91 Å². The van der Waals surface area contributed by atoms with Gasteiger partial charge in [0.2, 0.25) is 11.8 Å². The van der Waals surface area contributed by atoms with Crippen molar-refractivity contribution in [1.82, 2.24) is 0 Å². The van der Waals surface area contributed by atoms with Crippen molar-refractivity contribution in [2.45, 2.75) is 0 Å². The van der Waals surface area contributed by atoms with Crippen LogP contribution in [0.1, 0.15) is 31.1 Å².